The smallest absolute Gasteiger partial charge is 0.189 e. The monoisotopic (exact) mass is 360 g/mol. The number of benzene rings is 1. The summed E-state index contributed by atoms with van der Waals surface area (Å²) in [6, 6.07) is 8.88. The lowest BCUT2D eigenvalue weighted by atomic mass is 10.0. The zero-order valence-corrected chi connectivity index (χ0v) is 16.7. The quantitative estimate of drug-likeness (QED) is 0.525. The van der Waals surface area contributed by atoms with Crippen LogP contribution in [0.2, 0.25) is 0 Å². The fraction of sp³-hybridized carbons (Fsp3) is 0.667. The van der Waals surface area contributed by atoms with Crippen molar-refractivity contribution < 1.29 is 4.74 Å². The summed E-state index contributed by atoms with van der Waals surface area (Å²) in [6.45, 7) is 11.9. The minimum atomic E-state index is 0.362. The van der Waals surface area contributed by atoms with Gasteiger partial charge in [0.1, 0.15) is 0 Å². The summed E-state index contributed by atoms with van der Waals surface area (Å²) in [5.41, 5.74) is 8.68. The molecule has 0 bridgehead atoms. The zero-order valence-electron chi connectivity index (χ0n) is 16.7. The molecule has 1 aliphatic heterocycles. The van der Waals surface area contributed by atoms with Crippen LogP contribution in [0.5, 0.6) is 0 Å². The maximum atomic E-state index is 6.10. The Kier molecular flexibility index (Phi) is 8.92. The van der Waals surface area contributed by atoms with E-state index in [0.717, 1.165) is 45.2 Å². The van der Waals surface area contributed by atoms with E-state index in [9.17, 15) is 0 Å². The minimum absolute atomic E-state index is 0.362. The van der Waals surface area contributed by atoms with E-state index in [1.165, 1.54) is 24.0 Å². The molecule has 1 aromatic carbocycles. The summed E-state index contributed by atoms with van der Waals surface area (Å²) < 4.78 is 5.44. The van der Waals surface area contributed by atoms with Crippen LogP contribution in [0.15, 0.2) is 29.3 Å². The van der Waals surface area contributed by atoms with Gasteiger partial charge in [-0.05, 0) is 30.4 Å². The summed E-state index contributed by atoms with van der Waals surface area (Å²) in [5.74, 6) is 1.31. The van der Waals surface area contributed by atoms with Gasteiger partial charge >= 0.3 is 0 Å². The van der Waals surface area contributed by atoms with Crippen molar-refractivity contribution in [3.63, 3.8) is 0 Å². The minimum Gasteiger partial charge on any atom is -0.379 e. The number of ether oxygens (including phenoxy) is 1. The second kappa shape index (κ2) is 11.2. The summed E-state index contributed by atoms with van der Waals surface area (Å²) in [5, 5.41) is 3.33. The summed E-state index contributed by atoms with van der Waals surface area (Å²) in [6.07, 6.45) is 3.61. The Morgan fingerprint density at radius 2 is 1.85 bits per heavy atom. The maximum absolute atomic E-state index is 6.10. The highest BCUT2D eigenvalue weighted by Gasteiger charge is 2.12. The molecule has 1 aliphatic rings. The standard InChI is InChI=1S/C21H36N4O/c1-17(2)7-6-8-18(3)24-21(22)23-15-19-9-4-5-10-20(19)16-25-11-13-26-14-12-25/h4-5,9-10,17-18H,6-8,11-16H2,1-3H3,(H3,22,23,24). The van der Waals surface area contributed by atoms with Crippen LogP contribution < -0.4 is 11.1 Å². The van der Waals surface area contributed by atoms with Crippen LogP contribution in [0.4, 0.5) is 0 Å². The van der Waals surface area contributed by atoms with Gasteiger partial charge < -0.3 is 15.8 Å². The van der Waals surface area contributed by atoms with Gasteiger partial charge in [-0.2, -0.15) is 0 Å². The fourth-order valence-corrected chi connectivity index (χ4v) is 3.24. The van der Waals surface area contributed by atoms with Crippen LogP contribution in [0.25, 0.3) is 0 Å². The van der Waals surface area contributed by atoms with E-state index in [-0.39, 0.29) is 0 Å². The van der Waals surface area contributed by atoms with Crippen molar-refractivity contribution in [2.75, 3.05) is 26.3 Å². The van der Waals surface area contributed by atoms with Crippen molar-refractivity contribution in [3.05, 3.63) is 35.4 Å². The van der Waals surface area contributed by atoms with E-state index in [0.29, 0.717) is 18.5 Å². The number of nitrogens with two attached hydrogens (primary N) is 1. The number of nitrogens with one attached hydrogen (secondary N) is 1. The molecule has 1 heterocycles. The number of hydrogen-bond donors (Lipinski definition) is 2. The molecule has 0 amide bonds. The van der Waals surface area contributed by atoms with Gasteiger partial charge in [0, 0.05) is 25.7 Å². The van der Waals surface area contributed by atoms with Crippen molar-refractivity contribution in [2.24, 2.45) is 16.6 Å². The van der Waals surface area contributed by atoms with Crippen molar-refractivity contribution in [3.8, 4) is 0 Å². The average Bonchev–Trinajstić information content (AvgIpc) is 2.61. The highest BCUT2D eigenvalue weighted by atomic mass is 16.5. The molecular formula is C21H36N4O. The van der Waals surface area contributed by atoms with Crippen LogP contribution in [-0.4, -0.2) is 43.2 Å². The molecule has 5 heteroatoms. The Morgan fingerprint density at radius 1 is 1.15 bits per heavy atom. The predicted octanol–water partition coefficient (Wildman–Crippen LogP) is 3.14. The Morgan fingerprint density at radius 3 is 2.54 bits per heavy atom. The van der Waals surface area contributed by atoms with E-state index >= 15 is 0 Å². The van der Waals surface area contributed by atoms with Gasteiger partial charge in [-0.3, -0.25) is 4.90 Å². The largest absolute Gasteiger partial charge is 0.379 e. The molecule has 146 valence electrons. The molecule has 3 N–H and O–H groups in total. The third kappa shape index (κ3) is 7.75. The van der Waals surface area contributed by atoms with Gasteiger partial charge in [0.15, 0.2) is 5.96 Å². The lowest BCUT2D eigenvalue weighted by molar-refractivity contribution is 0.0341. The second-order valence-corrected chi connectivity index (χ2v) is 7.73. The van der Waals surface area contributed by atoms with E-state index in [2.05, 4.69) is 60.2 Å². The first kappa shape index (κ1) is 20.7. The Labute approximate surface area is 159 Å². The number of rotatable bonds is 9. The van der Waals surface area contributed by atoms with Gasteiger partial charge in [0.05, 0.1) is 19.8 Å². The van der Waals surface area contributed by atoms with Gasteiger partial charge in [-0.25, -0.2) is 4.99 Å². The molecule has 1 aromatic rings. The van der Waals surface area contributed by atoms with E-state index in [1.807, 2.05) is 0 Å². The van der Waals surface area contributed by atoms with Crippen LogP contribution in [0, 0.1) is 5.92 Å². The SMILES string of the molecule is CC(C)CCCC(C)NC(N)=NCc1ccccc1CN1CCOCC1. The number of morpholine rings is 1. The number of hydrogen-bond acceptors (Lipinski definition) is 3. The third-order valence-corrected chi connectivity index (χ3v) is 4.85. The molecule has 1 unspecified atom stereocenters. The molecule has 0 spiro atoms. The molecule has 0 saturated carbocycles. The van der Waals surface area contributed by atoms with Gasteiger partial charge in [-0.1, -0.05) is 51.0 Å². The van der Waals surface area contributed by atoms with Crippen molar-refractivity contribution in [2.45, 2.75) is 59.2 Å². The molecule has 0 aliphatic carbocycles. The molecular weight excluding hydrogens is 324 g/mol. The van der Waals surface area contributed by atoms with Gasteiger partial charge in [-0.15, -0.1) is 0 Å². The van der Waals surface area contributed by atoms with Crippen LogP contribution in [-0.2, 0) is 17.8 Å². The first-order valence-electron chi connectivity index (χ1n) is 9.98. The molecule has 1 atom stereocenters. The number of aliphatic imine (C=N–C) groups is 1. The first-order valence-corrected chi connectivity index (χ1v) is 9.98. The van der Waals surface area contributed by atoms with E-state index in [1.54, 1.807) is 0 Å². The highest BCUT2D eigenvalue weighted by Crippen LogP contribution is 2.14. The molecule has 0 aromatic heterocycles. The van der Waals surface area contributed by atoms with Crippen LogP contribution in [0.1, 0.15) is 51.2 Å². The average molecular weight is 361 g/mol. The van der Waals surface area contributed by atoms with E-state index < -0.39 is 0 Å². The Balaban J connectivity index is 1.84. The molecule has 1 fully saturated rings. The molecule has 0 radical (unpaired) electrons. The topological polar surface area (TPSA) is 62.9 Å². The van der Waals surface area contributed by atoms with Crippen molar-refractivity contribution in [1.82, 2.24) is 10.2 Å². The van der Waals surface area contributed by atoms with Crippen LogP contribution >= 0.6 is 0 Å². The summed E-state index contributed by atoms with van der Waals surface area (Å²) in [4.78, 5) is 7.01. The molecule has 26 heavy (non-hydrogen) atoms. The molecule has 5 nitrogen and oxygen atoms in total. The zero-order chi connectivity index (χ0) is 18.8. The Bertz CT molecular complexity index is 553. The van der Waals surface area contributed by atoms with E-state index in [4.69, 9.17) is 10.5 Å². The van der Waals surface area contributed by atoms with Gasteiger partial charge in [0.25, 0.3) is 0 Å². The predicted molar refractivity (Wildman–Crippen MR) is 109 cm³/mol. The lowest BCUT2D eigenvalue weighted by Gasteiger charge is -2.27. The van der Waals surface area contributed by atoms with Crippen molar-refractivity contribution in [1.29, 1.82) is 0 Å². The fourth-order valence-electron chi connectivity index (χ4n) is 3.24. The second-order valence-electron chi connectivity index (χ2n) is 7.73. The maximum Gasteiger partial charge on any atom is 0.189 e. The number of guanidine groups is 1. The lowest BCUT2D eigenvalue weighted by Crippen LogP contribution is -2.38. The van der Waals surface area contributed by atoms with Gasteiger partial charge in [0.2, 0.25) is 0 Å². The summed E-state index contributed by atoms with van der Waals surface area (Å²) in [7, 11) is 0. The Hall–Kier alpha value is -1.59. The number of nitrogens with zero attached hydrogens (tertiary/aromatic N) is 2. The molecule has 1 saturated heterocycles. The summed E-state index contributed by atoms with van der Waals surface area (Å²) >= 11 is 0. The third-order valence-electron chi connectivity index (χ3n) is 4.85. The molecule has 2 rings (SSSR count). The van der Waals surface area contributed by atoms with Crippen molar-refractivity contribution >= 4 is 5.96 Å². The van der Waals surface area contributed by atoms with Crippen LogP contribution in [0.3, 0.4) is 0 Å². The highest BCUT2D eigenvalue weighted by molar-refractivity contribution is 5.78. The first-order chi connectivity index (χ1) is 12.5. The normalized spacial score (nSPS) is 17.5.